The van der Waals surface area contributed by atoms with Gasteiger partial charge in [-0.2, -0.15) is 0 Å². The molecule has 0 aromatic rings. The van der Waals surface area contributed by atoms with E-state index in [4.69, 9.17) is 0 Å². The molecule has 0 bridgehead atoms. The molecule has 0 aromatic carbocycles. The van der Waals surface area contributed by atoms with E-state index in [1.165, 1.54) is 0 Å². The summed E-state index contributed by atoms with van der Waals surface area (Å²) in [7, 11) is 0. The number of amides is 2. The van der Waals surface area contributed by atoms with Crippen molar-refractivity contribution in [2.45, 2.75) is 64.5 Å². The first-order chi connectivity index (χ1) is 9.50. The van der Waals surface area contributed by atoms with Gasteiger partial charge in [-0.1, -0.05) is 19.8 Å². The second-order valence-corrected chi connectivity index (χ2v) is 6.35. The standard InChI is InChI=1S/C15H26N2O3/c1-11-7-9-17(13(10-11)14(18)19)15(20)16-8-5-3-4-6-12(16)2/h11-13H,3-10H2,1-2H3,(H,18,19). The number of nitrogens with zero attached hydrogens (tertiary/aromatic N) is 2. The number of carbonyl (C=O) groups excluding carboxylic acids is 1. The smallest absolute Gasteiger partial charge is 0.326 e. The van der Waals surface area contributed by atoms with Crippen molar-refractivity contribution >= 4 is 12.0 Å². The number of piperidine rings is 1. The summed E-state index contributed by atoms with van der Waals surface area (Å²) in [6.45, 7) is 5.47. The molecular formula is C15H26N2O3. The topological polar surface area (TPSA) is 60.9 Å². The Morgan fingerprint density at radius 2 is 1.75 bits per heavy atom. The van der Waals surface area contributed by atoms with Crippen molar-refractivity contribution in [2.24, 2.45) is 5.92 Å². The largest absolute Gasteiger partial charge is 0.480 e. The van der Waals surface area contributed by atoms with Gasteiger partial charge in [0.2, 0.25) is 0 Å². The molecule has 0 aliphatic carbocycles. The van der Waals surface area contributed by atoms with Crippen molar-refractivity contribution in [1.82, 2.24) is 9.80 Å². The van der Waals surface area contributed by atoms with E-state index in [0.717, 1.165) is 38.6 Å². The molecule has 3 unspecified atom stereocenters. The Hall–Kier alpha value is -1.26. The Morgan fingerprint density at radius 1 is 1.00 bits per heavy atom. The fourth-order valence-electron chi connectivity index (χ4n) is 3.33. The van der Waals surface area contributed by atoms with Crippen LogP contribution in [-0.2, 0) is 4.79 Å². The van der Waals surface area contributed by atoms with Crippen LogP contribution in [0, 0.1) is 5.92 Å². The van der Waals surface area contributed by atoms with Gasteiger partial charge in [0.15, 0.2) is 0 Å². The summed E-state index contributed by atoms with van der Waals surface area (Å²) in [6, 6.07) is -0.501. The highest BCUT2D eigenvalue weighted by molar-refractivity contribution is 5.83. The quantitative estimate of drug-likeness (QED) is 0.804. The molecule has 0 spiro atoms. The highest BCUT2D eigenvalue weighted by Crippen LogP contribution is 2.26. The molecule has 5 heteroatoms. The average molecular weight is 282 g/mol. The lowest BCUT2D eigenvalue weighted by molar-refractivity contribution is -0.144. The van der Waals surface area contributed by atoms with Crippen molar-refractivity contribution in [3.8, 4) is 0 Å². The van der Waals surface area contributed by atoms with Gasteiger partial charge in [0, 0.05) is 19.1 Å². The van der Waals surface area contributed by atoms with Crippen molar-refractivity contribution in [3.05, 3.63) is 0 Å². The zero-order valence-electron chi connectivity index (χ0n) is 12.5. The van der Waals surface area contributed by atoms with Crippen LogP contribution in [0.15, 0.2) is 0 Å². The molecule has 1 N–H and O–H groups in total. The van der Waals surface area contributed by atoms with Gasteiger partial charge in [0.1, 0.15) is 6.04 Å². The van der Waals surface area contributed by atoms with E-state index in [2.05, 4.69) is 13.8 Å². The highest BCUT2D eigenvalue weighted by Gasteiger charge is 2.37. The Labute approximate surface area is 120 Å². The molecule has 2 amide bonds. The summed E-state index contributed by atoms with van der Waals surface area (Å²) < 4.78 is 0. The summed E-state index contributed by atoms with van der Waals surface area (Å²) in [4.78, 5) is 27.6. The number of carbonyl (C=O) groups is 2. The Kier molecular flexibility index (Phi) is 4.89. The average Bonchev–Trinajstić information content (AvgIpc) is 2.62. The Morgan fingerprint density at radius 3 is 2.45 bits per heavy atom. The molecule has 2 rings (SSSR count). The van der Waals surface area contributed by atoms with Crippen molar-refractivity contribution in [2.75, 3.05) is 13.1 Å². The van der Waals surface area contributed by atoms with E-state index in [1.807, 2.05) is 4.90 Å². The maximum absolute atomic E-state index is 12.7. The van der Waals surface area contributed by atoms with Gasteiger partial charge in [0.05, 0.1) is 0 Å². The van der Waals surface area contributed by atoms with Crippen LogP contribution in [0.4, 0.5) is 4.79 Å². The monoisotopic (exact) mass is 282 g/mol. The number of carboxylic acid groups (broad SMARTS) is 1. The van der Waals surface area contributed by atoms with Crippen molar-refractivity contribution in [3.63, 3.8) is 0 Å². The Bertz CT molecular complexity index is 372. The molecular weight excluding hydrogens is 256 g/mol. The number of urea groups is 1. The second kappa shape index (κ2) is 6.46. The molecule has 0 saturated carbocycles. The zero-order valence-corrected chi connectivity index (χ0v) is 12.5. The van der Waals surface area contributed by atoms with Crippen LogP contribution in [0.5, 0.6) is 0 Å². The third-order valence-corrected chi connectivity index (χ3v) is 4.69. The minimum Gasteiger partial charge on any atom is -0.480 e. The highest BCUT2D eigenvalue weighted by atomic mass is 16.4. The van der Waals surface area contributed by atoms with Gasteiger partial charge in [-0.25, -0.2) is 9.59 Å². The van der Waals surface area contributed by atoms with Crippen LogP contribution in [0.2, 0.25) is 0 Å². The molecule has 2 saturated heterocycles. The zero-order chi connectivity index (χ0) is 14.7. The van der Waals surface area contributed by atoms with Gasteiger partial charge < -0.3 is 14.9 Å². The summed E-state index contributed by atoms with van der Waals surface area (Å²) in [5, 5.41) is 9.38. The third kappa shape index (κ3) is 3.25. The summed E-state index contributed by atoms with van der Waals surface area (Å²) in [6.07, 6.45) is 5.84. The predicted octanol–water partition coefficient (Wildman–Crippen LogP) is 2.56. The number of carboxylic acids is 1. The summed E-state index contributed by atoms with van der Waals surface area (Å²) in [5.74, 6) is -0.492. The lowest BCUT2D eigenvalue weighted by atomic mass is 9.92. The fraction of sp³-hybridized carbons (Fsp3) is 0.867. The van der Waals surface area contributed by atoms with E-state index in [9.17, 15) is 14.7 Å². The lowest BCUT2D eigenvalue weighted by Crippen LogP contribution is -2.56. The maximum atomic E-state index is 12.7. The van der Waals surface area contributed by atoms with E-state index in [0.29, 0.717) is 18.9 Å². The SMILES string of the molecule is CC1CCN(C(=O)N2CCCCCC2C)C(C(=O)O)C1. The number of likely N-dealkylation sites (tertiary alicyclic amines) is 2. The lowest BCUT2D eigenvalue weighted by Gasteiger charge is -2.40. The Balaban J connectivity index is 2.11. The van der Waals surface area contributed by atoms with Crippen LogP contribution in [-0.4, -0.2) is 52.1 Å². The second-order valence-electron chi connectivity index (χ2n) is 6.35. The molecule has 2 aliphatic rings. The van der Waals surface area contributed by atoms with Crippen molar-refractivity contribution < 1.29 is 14.7 Å². The maximum Gasteiger partial charge on any atom is 0.326 e. The normalized spacial score (nSPS) is 31.8. The number of hydrogen-bond donors (Lipinski definition) is 1. The van der Waals surface area contributed by atoms with Crippen LogP contribution in [0.3, 0.4) is 0 Å². The first-order valence-corrected chi connectivity index (χ1v) is 7.80. The molecule has 2 heterocycles. The van der Waals surface area contributed by atoms with E-state index < -0.39 is 12.0 Å². The van der Waals surface area contributed by atoms with E-state index >= 15 is 0 Å². The molecule has 5 nitrogen and oxygen atoms in total. The van der Waals surface area contributed by atoms with Gasteiger partial charge in [-0.05, 0) is 38.5 Å². The number of hydrogen-bond acceptors (Lipinski definition) is 2. The first kappa shape index (κ1) is 15.1. The van der Waals surface area contributed by atoms with E-state index in [-0.39, 0.29) is 12.1 Å². The first-order valence-electron chi connectivity index (χ1n) is 7.80. The number of aliphatic carboxylic acids is 1. The number of rotatable bonds is 1. The molecule has 114 valence electrons. The van der Waals surface area contributed by atoms with E-state index in [1.54, 1.807) is 4.90 Å². The molecule has 0 radical (unpaired) electrons. The van der Waals surface area contributed by atoms with Crippen LogP contribution in [0.1, 0.15) is 52.4 Å². The van der Waals surface area contributed by atoms with Crippen molar-refractivity contribution in [1.29, 1.82) is 0 Å². The van der Waals surface area contributed by atoms with Crippen LogP contribution >= 0.6 is 0 Å². The van der Waals surface area contributed by atoms with Crippen LogP contribution in [0.25, 0.3) is 0 Å². The third-order valence-electron chi connectivity index (χ3n) is 4.69. The van der Waals surface area contributed by atoms with Gasteiger partial charge in [-0.15, -0.1) is 0 Å². The minimum absolute atomic E-state index is 0.0706. The summed E-state index contributed by atoms with van der Waals surface area (Å²) in [5.41, 5.74) is 0. The molecule has 20 heavy (non-hydrogen) atoms. The van der Waals surface area contributed by atoms with Gasteiger partial charge in [0.25, 0.3) is 0 Å². The summed E-state index contributed by atoms with van der Waals surface area (Å²) >= 11 is 0. The van der Waals surface area contributed by atoms with Gasteiger partial charge >= 0.3 is 12.0 Å². The fourth-order valence-corrected chi connectivity index (χ4v) is 3.33. The molecule has 0 aromatic heterocycles. The molecule has 3 atom stereocenters. The molecule has 2 aliphatic heterocycles. The minimum atomic E-state index is -0.868. The predicted molar refractivity (Wildman–Crippen MR) is 76.6 cm³/mol. The van der Waals surface area contributed by atoms with Gasteiger partial charge in [-0.3, -0.25) is 0 Å². The molecule has 2 fully saturated rings. The van der Waals surface area contributed by atoms with Crippen LogP contribution < -0.4 is 0 Å².